The average molecular weight is 608 g/mol. The van der Waals surface area contributed by atoms with Crippen LogP contribution in [0.1, 0.15) is 58.4 Å². The number of aromatic nitrogens is 1. The second-order valence-corrected chi connectivity index (χ2v) is 14.6. The SMILES string of the molecule is Cc1cc(C)c(B(c2ccc3c(c2)C(C)(C)c2cc(-n4c5ccccc5c5ccccc54)ccc2-3)c2c(C)cc(C)cc2C)c(C)c1. The van der Waals surface area contributed by atoms with E-state index in [9.17, 15) is 0 Å². The molecule has 0 fully saturated rings. The van der Waals surface area contributed by atoms with Crippen molar-refractivity contribution in [1.29, 1.82) is 0 Å². The Morgan fingerprint density at radius 3 is 1.45 bits per heavy atom. The number of aryl methyl sites for hydroxylation is 6. The summed E-state index contributed by atoms with van der Waals surface area (Å²) in [4.78, 5) is 0. The zero-order valence-corrected chi connectivity index (χ0v) is 28.9. The number of para-hydroxylation sites is 2. The third-order valence-electron chi connectivity index (χ3n) is 10.9. The molecule has 1 heterocycles. The molecule has 1 aliphatic carbocycles. The Morgan fingerprint density at radius 2 is 0.936 bits per heavy atom. The molecule has 0 N–H and O–H groups in total. The van der Waals surface area contributed by atoms with Gasteiger partial charge < -0.3 is 4.57 Å². The van der Waals surface area contributed by atoms with Gasteiger partial charge in [0, 0.05) is 21.9 Å². The van der Waals surface area contributed by atoms with Crippen molar-refractivity contribution < 1.29 is 0 Å². The van der Waals surface area contributed by atoms with Crippen LogP contribution in [-0.2, 0) is 5.41 Å². The highest BCUT2D eigenvalue weighted by Gasteiger charge is 2.38. The first-order valence-electron chi connectivity index (χ1n) is 17.0. The van der Waals surface area contributed by atoms with Gasteiger partial charge in [0.25, 0.3) is 0 Å². The van der Waals surface area contributed by atoms with Gasteiger partial charge in [-0.3, -0.25) is 0 Å². The zero-order chi connectivity index (χ0) is 32.8. The highest BCUT2D eigenvalue weighted by Crippen LogP contribution is 2.49. The van der Waals surface area contributed by atoms with Crippen LogP contribution in [0.15, 0.2) is 109 Å². The highest BCUT2D eigenvalue weighted by molar-refractivity contribution is 6.96. The zero-order valence-electron chi connectivity index (χ0n) is 28.9. The van der Waals surface area contributed by atoms with Crippen molar-refractivity contribution in [2.75, 3.05) is 0 Å². The average Bonchev–Trinajstić information content (AvgIpc) is 3.48. The quantitative estimate of drug-likeness (QED) is 0.176. The van der Waals surface area contributed by atoms with Crippen LogP contribution < -0.4 is 16.4 Å². The molecule has 0 saturated carbocycles. The number of hydrogen-bond donors (Lipinski definition) is 0. The van der Waals surface area contributed by atoms with Gasteiger partial charge in [0.2, 0.25) is 6.71 Å². The van der Waals surface area contributed by atoms with E-state index in [1.807, 2.05) is 0 Å². The molecule has 0 atom stereocenters. The van der Waals surface area contributed by atoms with E-state index >= 15 is 0 Å². The standard InChI is InChI=1S/C45H42BN/c1-27-21-29(3)43(30(4)22-27)46(44-31(5)23-28(2)24-32(44)6)33-17-19-35-36-20-18-34(26-40(36)45(7,8)39(35)25-33)47-41-15-11-9-13-37(41)38-14-10-12-16-42(38)47/h9-26H,1-8H3. The maximum absolute atomic E-state index is 2.54. The van der Waals surface area contributed by atoms with E-state index in [2.05, 4.69) is 169 Å². The molecular formula is C45H42BN. The smallest absolute Gasteiger partial charge is 0.242 e. The minimum atomic E-state index is -0.144. The summed E-state index contributed by atoms with van der Waals surface area (Å²) in [6.45, 7) is 18.6. The first kappa shape index (κ1) is 29.6. The van der Waals surface area contributed by atoms with Crippen molar-refractivity contribution in [2.24, 2.45) is 0 Å². The fraction of sp³-hybridized carbons (Fsp3) is 0.200. The molecule has 47 heavy (non-hydrogen) atoms. The molecule has 0 radical (unpaired) electrons. The molecule has 0 aliphatic heterocycles. The van der Waals surface area contributed by atoms with Gasteiger partial charge in [-0.15, -0.1) is 0 Å². The molecule has 0 bridgehead atoms. The lowest BCUT2D eigenvalue weighted by Crippen LogP contribution is -2.56. The number of benzene rings is 6. The van der Waals surface area contributed by atoms with E-state index < -0.39 is 0 Å². The molecule has 0 amide bonds. The third kappa shape index (κ3) is 4.45. The van der Waals surface area contributed by atoms with Gasteiger partial charge in [-0.25, -0.2) is 0 Å². The van der Waals surface area contributed by atoms with E-state index in [1.165, 1.54) is 99.5 Å². The number of nitrogens with zero attached hydrogens (tertiary/aromatic N) is 1. The minimum absolute atomic E-state index is 0.144. The summed E-state index contributed by atoms with van der Waals surface area (Å²) < 4.78 is 2.44. The highest BCUT2D eigenvalue weighted by atomic mass is 15.0. The van der Waals surface area contributed by atoms with Crippen LogP contribution in [0.3, 0.4) is 0 Å². The summed E-state index contributed by atoms with van der Waals surface area (Å²) in [7, 11) is 0. The number of rotatable bonds is 4. The maximum Gasteiger partial charge on any atom is 0.242 e. The van der Waals surface area contributed by atoms with Gasteiger partial charge in [0.15, 0.2) is 0 Å². The van der Waals surface area contributed by atoms with Gasteiger partial charge in [-0.05, 0) is 88.1 Å². The predicted octanol–water partition coefficient (Wildman–Crippen LogP) is 9.46. The van der Waals surface area contributed by atoms with Gasteiger partial charge in [0.05, 0.1) is 11.0 Å². The molecule has 0 unspecified atom stereocenters. The molecule has 8 rings (SSSR count). The van der Waals surface area contributed by atoms with E-state index in [0.29, 0.717) is 0 Å². The first-order valence-corrected chi connectivity index (χ1v) is 17.0. The Balaban J connectivity index is 1.31. The van der Waals surface area contributed by atoms with Crippen LogP contribution >= 0.6 is 0 Å². The Bertz CT molecular complexity index is 2250. The summed E-state index contributed by atoms with van der Waals surface area (Å²) in [5, 5.41) is 2.59. The van der Waals surface area contributed by atoms with Crippen molar-refractivity contribution in [3.63, 3.8) is 0 Å². The summed E-state index contributed by atoms with van der Waals surface area (Å²) >= 11 is 0. The van der Waals surface area contributed by atoms with Crippen molar-refractivity contribution in [2.45, 2.75) is 60.8 Å². The second-order valence-electron chi connectivity index (χ2n) is 14.6. The summed E-state index contributed by atoms with van der Waals surface area (Å²) in [6, 6.07) is 41.5. The second kappa shape index (κ2) is 10.6. The Kier molecular flexibility index (Phi) is 6.68. The Morgan fingerprint density at radius 1 is 0.489 bits per heavy atom. The lowest BCUT2D eigenvalue weighted by atomic mass is 9.34. The molecule has 6 aromatic carbocycles. The molecule has 7 aromatic rings. The van der Waals surface area contributed by atoms with E-state index in [0.717, 1.165) is 0 Å². The number of hydrogen-bond acceptors (Lipinski definition) is 0. The molecule has 0 saturated heterocycles. The fourth-order valence-electron chi connectivity index (χ4n) is 9.03. The van der Waals surface area contributed by atoms with E-state index in [1.54, 1.807) is 0 Å². The predicted molar refractivity (Wildman–Crippen MR) is 204 cm³/mol. The lowest BCUT2D eigenvalue weighted by molar-refractivity contribution is 0.660. The van der Waals surface area contributed by atoms with Crippen molar-refractivity contribution in [3.05, 3.63) is 154 Å². The van der Waals surface area contributed by atoms with Crippen LogP contribution in [0.2, 0.25) is 0 Å². The first-order chi connectivity index (χ1) is 22.5. The molecule has 2 heteroatoms. The van der Waals surface area contributed by atoms with Gasteiger partial charge in [-0.2, -0.15) is 0 Å². The molecule has 230 valence electrons. The summed E-state index contributed by atoms with van der Waals surface area (Å²) in [5.74, 6) is 0. The van der Waals surface area contributed by atoms with Crippen LogP contribution in [0.5, 0.6) is 0 Å². The van der Waals surface area contributed by atoms with Gasteiger partial charge in [-0.1, -0.05) is 149 Å². The van der Waals surface area contributed by atoms with Crippen molar-refractivity contribution in [3.8, 4) is 16.8 Å². The topological polar surface area (TPSA) is 4.93 Å². The molecule has 1 aromatic heterocycles. The molecular weight excluding hydrogens is 565 g/mol. The maximum atomic E-state index is 2.54. The summed E-state index contributed by atoms with van der Waals surface area (Å²) in [6.07, 6.45) is 0. The van der Waals surface area contributed by atoms with Gasteiger partial charge >= 0.3 is 0 Å². The van der Waals surface area contributed by atoms with Crippen molar-refractivity contribution >= 4 is 44.9 Å². The van der Waals surface area contributed by atoms with Crippen molar-refractivity contribution in [1.82, 2.24) is 4.57 Å². The monoisotopic (exact) mass is 607 g/mol. The lowest BCUT2D eigenvalue weighted by Gasteiger charge is -2.27. The normalized spacial score (nSPS) is 13.3. The largest absolute Gasteiger partial charge is 0.309 e. The van der Waals surface area contributed by atoms with Crippen LogP contribution in [0, 0.1) is 41.5 Å². The molecule has 1 nitrogen and oxygen atoms in total. The van der Waals surface area contributed by atoms with E-state index in [4.69, 9.17) is 0 Å². The van der Waals surface area contributed by atoms with Crippen LogP contribution in [-0.4, -0.2) is 11.3 Å². The Labute approximate surface area is 280 Å². The van der Waals surface area contributed by atoms with Crippen LogP contribution in [0.4, 0.5) is 0 Å². The van der Waals surface area contributed by atoms with E-state index in [-0.39, 0.29) is 12.1 Å². The minimum Gasteiger partial charge on any atom is -0.309 e. The third-order valence-corrected chi connectivity index (χ3v) is 10.9. The number of fused-ring (bicyclic) bond motifs is 6. The van der Waals surface area contributed by atoms with Gasteiger partial charge in [0.1, 0.15) is 0 Å². The molecule has 1 aliphatic rings. The Hall–Kier alpha value is -4.82. The van der Waals surface area contributed by atoms with Crippen LogP contribution in [0.25, 0.3) is 38.6 Å². The fourth-order valence-corrected chi connectivity index (χ4v) is 9.03. The molecule has 0 spiro atoms. The summed E-state index contributed by atoms with van der Waals surface area (Å²) in [5.41, 5.74) is 21.5.